The molecule has 2 heteroatoms. The van der Waals surface area contributed by atoms with E-state index in [1.807, 2.05) is 66.7 Å². The first-order valence-corrected chi connectivity index (χ1v) is 6.92. The van der Waals surface area contributed by atoms with Gasteiger partial charge in [0.25, 0.3) is 0 Å². The summed E-state index contributed by atoms with van der Waals surface area (Å²) in [6, 6.07) is 21.5. The molecule has 0 spiro atoms. The third-order valence-corrected chi connectivity index (χ3v) is 3.59. The quantitative estimate of drug-likeness (QED) is 0.665. The van der Waals surface area contributed by atoms with Gasteiger partial charge in [0.15, 0.2) is 5.78 Å². The summed E-state index contributed by atoms with van der Waals surface area (Å²) in [7, 11) is 1.63. The molecular formula is C19H16O2. The van der Waals surface area contributed by atoms with Crippen LogP contribution in [-0.2, 0) is 6.42 Å². The fraction of sp³-hybridized carbons (Fsp3) is 0.105. The van der Waals surface area contributed by atoms with Gasteiger partial charge in [-0.15, -0.1) is 0 Å². The maximum Gasteiger partial charge on any atom is 0.167 e. The number of ketones is 1. The lowest BCUT2D eigenvalue weighted by Gasteiger charge is -2.07. The number of ether oxygens (including phenoxy) is 1. The molecule has 3 rings (SSSR count). The molecule has 0 aromatic heterocycles. The second-order valence-corrected chi connectivity index (χ2v) is 4.98. The molecule has 0 aliphatic heterocycles. The van der Waals surface area contributed by atoms with E-state index >= 15 is 0 Å². The van der Waals surface area contributed by atoms with Crippen LogP contribution in [0.2, 0.25) is 0 Å². The van der Waals surface area contributed by atoms with Crippen molar-refractivity contribution in [2.24, 2.45) is 0 Å². The Labute approximate surface area is 124 Å². The smallest absolute Gasteiger partial charge is 0.167 e. The molecule has 3 aromatic rings. The lowest BCUT2D eigenvalue weighted by Crippen LogP contribution is -2.04. The third kappa shape index (κ3) is 2.79. The Morgan fingerprint density at radius 2 is 1.71 bits per heavy atom. The van der Waals surface area contributed by atoms with Crippen LogP contribution < -0.4 is 4.74 Å². The van der Waals surface area contributed by atoms with Gasteiger partial charge in [0.2, 0.25) is 0 Å². The van der Waals surface area contributed by atoms with Crippen LogP contribution in [-0.4, -0.2) is 12.9 Å². The molecule has 104 valence electrons. The Hall–Kier alpha value is -2.61. The van der Waals surface area contributed by atoms with Crippen LogP contribution in [0.4, 0.5) is 0 Å². The van der Waals surface area contributed by atoms with Crippen LogP contribution in [0.25, 0.3) is 10.8 Å². The predicted octanol–water partition coefficient (Wildman–Crippen LogP) is 4.27. The van der Waals surface area contributed by atoms with Crippen LogP contribution in [0.1, 0.15) is 15.9 Å². The van der Waals surface area contributed by atoms with Gasteiger partial charge in [-0.2, -0.15) is 0 Å². The fourth-order valence-electron chi connectivity index (χ4n) is 2.53. The number of carbonyl (C=O) groups excluding carboxylic acids is 1. The van der Waals surface area contributed by atoms with Gasteiger partial charge in [0, 0.05) is 12.0 Å². The number of Topliss-reactive ketones (excluding diaryl/α,β-unsaturated/α-hetero) is 1. The van der Waals surface area contributed by atoms with Crippen molar-refractivity contribution in [2.75, 3.05) is 7.11 Å². The molecule has 0 aliphatic rings. The Bertz CT molecular complexity index is 785. The summed E-state index contributed by atoms with van der Waals surface area (Å²) in [5.74, 6) is 0.901. The van der Waals surface area contributed by atoms with Crippen molar-refractivity contribution in [3.8, 4) is 5.75 Å². The maximum absolute atomic E-state index is 12.6. The van der Waals surface area contributed by atoms with E-state index in [-0.39, 0.29) is 5.78 Å². The molecule has 0 atom stereocenters. The van der Waals surface area contributed by atoms with Crippen molar-refractivity contribution in [1.29, 1.82) is 0 Å². The molecule has 3 aromatic carbocycles. The zero-order valence-corrected chi connectivity index (χ0v) is 11.9. The number of carbonyl (C=O) groups is 1. The number of hydrogen-bond donors (Lipinski definition) is 0. The van der Waals surface area contributed by atoms with Crippen LogP contribution in [0.15, 0.2) is 66.7 Å². The molecule has 21 heavy (non-hydrogen) atoms. The highest BCUT2D eigenvalue weighted by Crippen LogP contribution is 2.21. The number of fused-ring (bicyclic) bond motifs is 1. The van der Waals surface area contributed by atoms with Gasteiger partial charge < -0.3 is 4.74 Å². The van der Waals surface area contributed by atoms with Gasteiger partial charge in [0.1, 0.15) is 5.75 Å². The van der Waals surface area contributed by atoms with Gasteiger partial charge in [-0.1, -0.05) is 54.6 Å². The molecule has 2 nitrogen and oxygen atoms in total. The van der Waals surface area contributed by atoms with Crippen LogP contribution in [0, 0.1) is 0 Å². The largest absolute Gasteiger partial charge is 0.497 e. The first kappa shape index (κ1) is 13.4. The molecule has 0 N–H and O–H groups in total. The zero-order chi connectivity index (χ0) is 14.7. The second-order valence-electron chi connectivity index (χ2n) is 4.98. The molecular weight excluding hydrogens is 260 g/mol. The molecule has 0 radical (unpaired) electrons. The van der Waals surface area contributed by atoms with Crippen molar-refractivity contribution in [2.45, 2.75) is 6.42 Å². The van der Waals surface area contributed by atoms with Gasteiger partial charge in [0.05, 0.1) is 7.11 Å². The standard InChI is InChI=1S/C19H16O2/c1-21-16-9-4-6-14(12-16)13-19(20)18-11-5-8-15-7-2-3-10-17(15)18/h2-12H,13H2,1H3. The van der Waals surface area contributed by atoms with E-state index < -0.39 is 0 Å². The Morgan fingerprint density at radius 3 is 2.57 bits per heavy atom. The van der Waals surface area contributed by atoms with Crippen molar-refractivity contribution >= 4 is 16.6 Å². The number of rotatable bonds is 4. The highest BCUT2D eigenvalue weighted by atomic mass is 16.5. The van der Waals surface area contributed by atoms with Crippen molar-refractivity contribution in [3.63, 3.8) is 0 Å². The summed E-state index contributed by atoms with van der Waals surface area (Å²) >= 11 is 0. The van der Waals surface area contributed by atoms with E-state index in [4.69, 9.17) is 4.74 Å². The molecule has 0 fully saturated rings. The van der Waals surface area contributed by atoms with E-state index in [2.05, 4.69) is 0 Å². The van der Waals surface area contributed by atoms with Gasteiger partial charge in [-0.3, -0.25) is 4.79 Å². The van der Waals surface area contributed by atoms with E-state index in [1.165, 1.54) is 0 Å². The molecule has 0 amide bonds. The fourth-order valence-corrected chi connectivity index (χ4v) is 2.53. The molecule has 0 saturated heterocycles. The van der Waals surface area contributed by atoms with Crippen LogP contribution in [0.5, 0.6) is 5.75 Å². The average Bonchev–Trinajstić information content (AvgIpc) is 2.54. The lowest BCUT2D eigenvalue weighted by molar-refractivity contribution is 0.0994. The lowest BCUT2D eigenvalue weighted by atomic mass is 9.97. The zero-order valence-electron chi connectivity index (χ0n) is 11.9. The summed E-state index contributed by atoms with van der Waals surface area (Å²) in [5, 5.41) is 2.10. The molecule has 0 heterocycles. The second kappa shape index (κ2) is 5.80. The normalized spacial score (nSPS) is 10.5. The van der Waals surface area contributed by atoms with E-state index in [9.17, 15) is 4.79 Å². The first-order chi connectivity index (χ1) is 10.3. The van der Waals surface area contributed by atoms with E-state index in [1.54, 1.807) is 7.11 Å². The van der Waals surface area contributed by atoms with Crippen molar-refractivity contribution in [3.05, 3.63) is 77.9 Å². The molecule has 0 saturated carbocycles. The van der Waals surface area contributed by atoms with E-state index in [0.29, 0.717) is 6.42 Å². The molecule has 0 unspecified atom stereocenters. The minimum atomic E-state index is 0.125. The SMILES string of the molecule is COc1cccc(CC(=O)c2cccc3ccccc23)c1. The predicted molar refractivity (Wildman–Crippen MR) is 85.0 cm³/mol. The van der Waals surface area contributed by atoms with Crippen molar-refractivity contribution < 1.29 is 9.53 Å². The van der Waals surface area contributed by atoms with Gasteiger partial charge in [-0.05, 0) is 28.5 Å². The summed E-state index contributed by atoms with van der Waals surface area (Å²) in [5.41, 5.74) is 1.74. The minimum absolute atomic E-state index is 0.125. The van der Waals surface area contributed by atoms with Gasteiger partial charge >= 0.3 is 0 Å². The average molecular weight is 276 g/mol. The number of methoxy groups -OCH3 is 1. The van der Waals surface area contributed by atoms with Crippen molar-refractivity contribution in [1.82, 2.24) is 0 Å². The van der Waals surface area contributed by atoms with Crippen LogP contribution >= 0.6 is 0 Å². The summed E-state index contributed by atoms with van der Waals surface area (Å²) in [4.78, 5) is 12.6. The maximum atomic E-state index is 12.6. The Balaban J connectivity index is 1.93. The summed E-state index contributed by atoms with van der Waals surface area (Å²) in [6.45, 7) is 0. The Morgan fingerprint density at radius 1 is 0.952 bits per heavy atom. The number of benzene rings is 3. The first-order valence-electron chi connectivity index (χ1n) is 6.92. The molecule has 0 bridgehead atoms. The van der Waals surface area contributed by atoms with Crippen LogP contribution in [0.3, 0.4) is 0 Å². The minimum Gasteiger partial charge on any atom is -0.497 e. The summed E-state index contributed by atoms with van der Waals surface area (Å²) < 4.78 is 5.20. The number of hydrogen-bond acceptors (Lipinski definition) is 2. The highest BCUT2D eigenvalue weighted by molar-refractivity contribution is 6.08. The monoisotopic (exact) mass is 276 g/mol. The van der Waals surface area contributed by atoms with E-state index in [0.717, 1.165) is 27.6 Å². The Kier molecular flexibility index (Phi) is 3.69. The van der Waals surface area contributed by atoms with Gasteiger partial charge in [-0.25, -0.2) is 0 Å². The highest BCUT2D eigenvalue weighted by Gasteiger charge is 2.10. The molecule has 0 aliphatic carbocycles. The summed E-state index contributed by atoms with van der Waals surface area (Å²) in [6.07, 6.45) is 0.380. The topological polar surface area (TPSA) is 26.3 Å². The third-order valence-electron chi connectivity index (χ3n) is 3.59.